The Morgan fingerprint density at radius 1 is 1.29 bits per heavy atom. The fraction of sp³-hybridized carbons (Fsp3) is 0.0769. The number of carbonyl (C=O) groups is 1. The maximum absolute atomic E-state index is 13.6. The standard InChI is InChI=1S/C13H9FN2O/c1-8(17)12-7-16-6-5-9-10(13(16)15-12)3-2-4-11(9)14/h2-7H,1H3. The molecule has 0 radical (unpaired) electrons. The third kappa shape index (κ3) is 1.41. The summed E-state index contributed by atoms with van der Waals surface area (Å²) in [7, 11) is 0. The van der Waals surface area contributed by atoms with E-state index < -0.39 is 0 Å². The van der Waals surface area contributed by atoms with E-state index in [1.54, 1.807) is 35.0 Å². The van der Waals surface area contributed by atoms with Gasteiger partial charge >= 0.3 is 0 Å². The lowest BCUT2D eigenvalue weighted by Crippen LogP contribution is -1.90. The SMILES string of the molecule is CC(=O)c1cn2ccc3c(F)cccc3c2n1. The monoisotopic (exact) mass is 228 g/mol. The molecule has 0 bridgehead atoms. The fourth-order valence-corrected chi connectivity index (χ4v) is 1.93. The molecular formula is C13H9FN2O. The summed E-state index contributed by atoms with van der Waals surface area (Å²) in [6, 6.07) is 6.53. The van der Waals surface area contributed by atoms with Crippen LogP contribution < -0.4 is 0 Å². The molecule has 0 saturated heterocycles. The van der Waals surface area contributed by atoms with Gasteiger partial charge in [0.15, 0.2) is 5.78 Å². The van der Waals surface area contributed by atoms with E-state index >= 15 is 0 Å². The number of fused-ring (bicyclic) bond motifs is 3. The summed E-state index contributed by atoms with van der Waals surface area (Å²) < 4.78 is 15.3. The first-order valence-corrected chi connectivity index (χ1v) is 5.24. The zero-order valence-electron chi connectivity index (χ0n) is 9.14. The minimum Gasteiger partial charge on any atom is -0.306 e. The lowest BCUT2D eigenvalue weighted by atomic mass is 10.1. The number of hydrogen-bond donors (Lipinski definition) is 0. The molecule has 0 aliphatic rings. The fourth-order valence-electron chi connectivity index (χ4n) is 1.93. The number of carbonyl (C=O) groups excluding carboxylic acids is 1. The summed E-state index contributed by atoms with van der Waals surface area (Å²) >= 11 is 0. The molecule has 1 aromatic carbocycles. The highest BCUT2D eigenvalue weighted by molar-refractivity contribution is 5.98. The molecule has 2 heterocycles. The van der Waals surface area contributed by atoms with Crippen molar-refractivity contribution in [2.75, 3.05) is 0 Å². The molecule has 0 aliphatic heterocycles. The third-order valence-corrected chi connectivity index (χ3v) is 2.79. The van der Waals surface area contributed by atoms with E-state index in [0.717, 1.165) is 0 Å². The summed E-state index contributed by atoms with van der Waals surface area (Å²) in [5.41, 5.74) is 0.994. The number of ketones is 1. The van der Waals surface area contributed by atoms with Crippen molar-refractivity contribution in [2.45, 2.75) is 6.92 Å². The van der Waals surface area contributed by atoms with Crippen LogP contribution in [0.5, 0.6) is 0 Å². The number of nitrogens with zero attached hydrogens (tertiary/aromatic N) is 2. The van der Waals surface area contributed by atoms with Gasteiger partial charge in [-0.15, -0.1) is 0 Å². The molecule has 0 aliphatic carbocycles. The highest BCUT2D eigenvalue weighted by Crippen LogP contribution is 2.22. The first kappa shape index (κ1) is 9.96. The first-order valence-electron chi connectivity index (χ1n) is 5.24. The highest BCUT2D eigenvalue weighted by Gasteiger charge is 2.10. The number of hydrogen-bond acceptors (Lipinski definition) is 2. The Labute approximate surface area is 96.5 Å². The molecule has 3 rings (SSSR count). The summed E-state index contributed by atoms with van der Waals surface area (Å²) in [5.74, 6) is -0.379. The number of halogens is 1. The Hall–Kier alpha value is -2.23. The number of imidazole rings is 1. The molecule has 2 aromatic heterocycles. The Balaban J connectivity index is 2.47. The van der Waals surface area contributed by atoms with Gasteiger partial charge in [0.2, 0.25) is 0 Å². The van der Waals surface area contributed by atoms with E-state index in [1.807, 2.05) is 0 Å². The average molecular weight is 228 g/mol. The van der Waals surface area contributed by atoms with Crippen molar-refractivity contribution in [3.8, 4) is 0 Å². The zero-order valence-corrected chi connectivity index (χ0v) is 9.14. The van der Waals surface area contributed by atoms with E-state index in [4.69, 9.17) is 0 Å². The molecule has 0 amide bonds. The molecule has 0 spiro atoms. The van der Waals surface area contributed by atoms with Gasteiger partial charge in [0.05, 0.1) is 0 Å². The number of pyridine rings is 1. The van der Waals surface area contributed by atoms with Crippen molar-refractivity contribution in [2.24, 2.45) is 0 Å². The van der Waals surface area contributed by atoms with E-state index in [9.17, 15) is 9.18 Å². The Morgan fingerprint density at radius 3 is 2.88 bits per heavy atom. The van der Waals surface area contributed by atoms with Crippen LogP contribution in [-0.4, -0.2) is 15.2 Å². The molecule has 0 N–H and O–H groups in total. The van der Waals surface area contributed by atoms with Gasteiger partial charge < -0.3 is 4.40 Å². The Morgan fingerprint density at radius 2 is 2.12 bits per heavy atom. The van der Waals surface area contributed by atoms with Crippen LogP contribution in [0.2, 0.25) is 0 Å². The quantitative estimate of drug-likeness (QED) is 0.600. The van der Waals surface area contributed by atoms with E-state index in [0.29, 0.717) is 22.1 Å². The minimum atomic E-state index is -0.280. The van der Waals surface area contributed by atoms with E-state index in [2.05, 4.69) is 4.98 Å². The maximum atomic E-state index is 13.6. The normalized spacial score (nSPS) is 11.2. The molecule has 84 valence electrons. The maximum Gasteiger partial charge on any atom is 0.179 e. The first-order chi connectivity index (χ1) is 8.16. The topological polar surface area (TPSA) is 34.4 Å². The van der Waals surface area contributed by atoms with E-state index in [1.165, 1.54) is 13.0 Å². The van der Waals surface area contributed by atoms with Crippen molar-refractivity contribution in [1.82, 2.24) is 9.38 Å². The predicted molar refractivity (Wildman–Crippen MR) is 62.7 cm³/mol. The van der Waals surface area contributed by atoms with Crippen LogP contribution in [-0.2, 0) is 0 Å². The van der Waals surface area contributed by atoms with Gasteiger partial charge in [0.25, 0.3) is 0 Å². The van der Waals surface area contributed by atoms with Gasteiger partial charge in [-0.1, -0.05) is 12.1 Å². The minimum absolute atomic E-state index is 0.0988. The average Bonchev–Trinajstić information content (AvgIpc) is 2.73. The van der Waals surface area contributed by atoms with Crippen LogP contribution in [0.15, 0.2) is 36.7 Å². The van der Waals surface area contributed by atoms with Crippen LogP contribution in [0.25, 0.3) is 16.4 Å². The van der Waals surface area contributed by atoms with Crippen LogP contribution in [0.4, 0.5) is 4.39 Å². The van der Waals surface area contributed by atoms with Gasteiger partial charge in [-0.2, -0.15) is 0 Å². The molecular weight excluding hydrogens is 219 g/mol. The predicted octanol–water partition coefficient (Wildman–Crippen LogP) is 2.83. The van der Waals surface area contributed by atoms with Crippen LogP contribution in [0.3, 0.4) is 0 Å². The molecule has 4 heteroatoms. The van der Waals surface area contributed by atoms with Crippen molar-refractivity contribution < 1.29 is 9.18 Å². The van der Waals surface area contributed by atoms with Crippen molar-refractivity contribution >= 4 is 22.2 Å². The summed E-state index contributed by atoms with van der Waals surface area (Å²) in [4.78, 5) is 15.5. The lowest BCUT2D eigenvalue weighted by molar-refractivity contribution is 0.101. The van der Waals surface area contributed by atoms with Gasteiger partial charge in [-0.25, -0.2) is 9.37 Å². The van der Waals surface area contributed by atoms with Crippen molar-refractivity contribution in [3.63, 3.8) is 0 Å². The second-order valence-electron chi connectivity index (χ2n) is 3.93. The zero-order chi connectivity index (χ0) is 12.0. The molecule has 3 aromatic rings. The lowest BCUT2D eigenvalue weighted by Gasteiger charge is -2.00. The number of rotatable bonds is 1. The van der Waals surface area contributed by atoms with Crippen LogP contribution in [0.1, 0.15) is 17.4 Å². The summed E-state index contributed by atoms with van der Waals surface area (Å²) in [5, 5.41) is 1.22. The van der Waals surface area contributed by atoms with Crippen molar-refractivity contribution in [1.29, 1.82) is 0 Å². The van der Waals surface area contributed by atoms with Crippen LogP contribution in [0, 0.1) is 5.82 Å². The highest BCUT2D eigenvalue weighted by atomic mass is 19.1. The Bertz CT molecular complexity index is 746. The van der Waals surface area contributed by atoms with Crippen LogP contribution >= 0.6 is 0 Å². The van der Waals surface area contributed by atoms with Crippen molar-refractivity contribution in [3.05, 3.63) is 48.2 Å². The summed E-state index contributed by atoms with van der Waals surface area (Å²) in [6.45, 7) is 1.46. The molecule has 0 fully saturated rings. The number of aromatic nitrogens is 2. The van der Waals surface area contributed by atoms with E-state index in [-0.39, 0.29) is 11.6 Å². The number of Topliss-reactive ketones (excluding diaryl/α,β-unsaturated/α-hetero) is 1. The smallest absolute Gasteiger partial charge is 0.179 e. The van der Waals surface area contributed by atoms with Gasteiger partial charge in [-0.3, -0.25) is 4.79 Å². The second-order valence-corrected chi connectivity index (χ2v) is 3.93. The molecule has 0 saturated carbocycles. The largest absolute Gasteiger partial charge is 0.306 e. The molecule has 3 nitrogen and oxygen atoms in total. The molecule has 17 heavy (non-hydrogen) atoms. The van der Waals surface area contributed by atoms with Gasteiger partial charge in [-0.05, 0) is 12.1 Å². The molecule has 0 unspecified atom stereocenters. The molecule has 0 atom stereocenters. The number of benzene rings is 1. The van der Waals surface area contributed by atoms with Gasteiger partial charge in [0.1, 0.15) is 17.2 Å². The summed E-state index contributed by atoms with van der Waals surface area (Å²) in [6.07, 6.45) is 3.36. The second kappa shape index (κ2) is 3.38. The third-order valence-electron chi connectivity index (χ3n) is 2.79. The Kier molecular flexibility index (Phi) is 1.98. The van der Waals surface area contributed by atoms with Gasteiger partial charge in [0, 0.05) is 30.1 Å².